The van der Waals surface area contributed by atoms with Crippen LogP contribution in [0.2, 0.25) is 0 Å². The number of benzene rings is 1. The molecule has 5 heteroatoms. The van der Waals surface area contributed by atoms with Crippen LogP contribution in [0.15, 0.2) is 24.3 Å². The van der Waals surface area contributed by atoms with Gasteiger partial charge >= 0.3 is 5.97 Å². The van der Waals surface area contributed by atoms with Crippen LogP contribution in [0, 0.1) is 5.92 Å². The molecule has 0 aliphatic carbocycles. The van der Waals surface area contributed by atoms with E-state index in [0.29, 0.717) is 5.75 Å². The summed E-state index contributed by atoms with van der Waals surface area (Å²) in [7, 11) is 1.61. The zero-order valence-corrected chi connectivity index (χ0v) is 13.3. The molecule has 0 fully saturated rings. The Kier molecular flexibility index (Phi) is 6.49. The molecule has 0 aliphatic heterocycles. The lowest BCUT2D eigenvalue weighted by atomic mass is 10.0. The minimum atomic E-state index is -0.639. The van der Waals surface area contributed by atoms with Gasteiger partial charge in [0.05, 0.1) is 7.11 Å². The Morgan fingerprint density at radius 1 is 1.05 bits per heavy atom. The van der Waals surface area contributed by atoms with Crippen LogP contribution in [-0.4, -0.2) is 31.3 Å². The summed E-state index contributed by atoms with van der Waals surface area (Å²) in [5.74, 6) is 1.17. The number of nitrogens with two attached hydrogens (primary N) is 1. The van der Waals surface area contributed by atoms with E-state index >= 15 is 0 Å². The number of carbonyl (C=O) groups is 1. The number of methoxy groups -OCH3 is 1. The predicted molar refractivity (Wildman–Crippen MR) is 81.5 cm³/mol. The normalized spacial score (nSPS) is 15.2. The van der Waals surface area contributed by atoms with Gasteiger partial charge in [0.15, 0.2) is 0 Å². The van der Waals surface area contributed by atoms with Crippen LogP contribution in [0.5, 0.6) is 11.5 Å². The van der Waals surface area contributed by atoms with Crippen LogP contribution in [0.4, 0.5) is 0 Å². The Morgan fingerprint density at radius 2 is 1.57 bits per heavy atom. The van der Waals surface area contributed by atoms with Crippen LogP contribution < -0.4 is 15.2 Å². The molecule has 0 radical (unpaired) electrons. The molecule has 0 saturated carbocycles. The van der Waals surface area contributed by atoms with Crippen LogP contribution in [0.1, 0.15) is 27.7 Å². The highest BCUT2D eigenvalue weighted by molar-refractivity contribution is 5.75. The molecule has 0 aromatic heterocycles. The Morgan fingerprint density at radius 3 is 2.00 bits per heavy atom. The standard InChI is InChI=1S/C16H25NO4/c1-10(2)15(21-16(18)11(3)17)12(4)20-14-8-6-13(19-5)7-9-14/h6-12,15H,17H2,1-5H3/t11-,12-,15+/m0/s1. The van der Waals surface area contributed by atoms with Crippen LogP contribution in [0.3, 0.4) is 0 Å². The van der Waals surface area contributed by atoms with Gasteiger partial charge in [-0.25, -0.2) is 0 Å². The highest BCUT2D eigenvalue weighted by Crippen LogP contribution is 2.21. The van der Waals surface area contributed by atoms with E-state index in [-0.39, 0.29) is 18.1 Å². The molecule has 1 aromatic carbocycles. The minimum absolute atomic E-state index is 0.126. The van der Waals surface area contributed by atoms with Crippen molar-refractivity contribution in [1.29, 1.82) is 0 Å². The van der Waals surface area contributed by atoms with Crippen molar-refractivity contribution in [2.24, 2.45) is 11.7 Å². The first kappa shape index (κ1) is 17.3. The smallest absolute Gasteiger partial charge is 0.323 e. The van der Waals surface area contributed by atoms with Gasteiger partial charge in [0, 0.05) is 0 Å². The summed E-state index contributed by atoms with van der Waals surface area (Å²) in [5, 5.41) is 0. The van der Waals surface area contributed by atoms with Crippen molar-refractivity contribution in [1.82, 2.24) is 0 Å². The number of rotatable bonds is 7. The molecule has 21 heavy (non-hydrogen) atoms. The van der Waals surface area contributed by atoms with Crippen molar-refractivity contribution in [3.63, 3.8) is 0 Å². The lowest BCUT2D eigenvalue weighted by molar-refractivity contribution is -0.157. The van der Waals surface area contributed by atoms with E-state index in [9.17, 15) is 4.79 Å². The van der Waals surface area contributed by atoms with Gasteiger partial charge in [-0.3, -0.25) is 4.79 Å². The quantitative estimate of drug-likeness (QED) is 0.782. The number of hydrogen-bond acceptors (Lipinski definition) is 5. The third kappa shape index (κ3) is 5.27. The molecule has 1 aromatic rings. The van der Waals surface area contributed by atoms with Gasteiger partial charge in [0.1, 0.15) is 29.7 Å². The molecule has 0 saturated heterocycles. The van der Waals surface area contributed by atoms with E-state index in [0.717, 1.165) is 5.75 Å². The topological polar surface area (TPSA) is 70.8 Å². The zero-order valence-electron chi connectivity index (χ0n) is 13.3. The van der Waals surface area contributed by atoms with Crippen LogP contribution in [0.25, 0.3) is 0 Å². The maximum atomic E-state index is 11.7. The third-order valence-electron chi connectivity index (χ3n) is 3.13. The zero-order chi connectivity index (χ0) is 16.0. The molecular weight excluding hydrogens is 270 g/mol. The number of ether oxygens (including phenoxy) is 3. The average Bonchev–Trinajstić information content (AvgIpc) is 2.44. The van der Waals surface area contributed by atoms with Gasteiger partial charge in [-0.05, 0) is 44.0 Å². The highest BCUT2D eigenvalue weighted by atomic mass is 16.6. The second-order valence-corrected chi connectivity index (χ2v) is 5.43. The highest BCUT2D eigenvalue weighted by Gasteiger charge is 2.27. The van der Waals surface area contributed by atoms with Gasteiger partial charge in [-0.2, -0.15) is 0 Å². The van der Waals surface area contributed by atoms with Crippen molar-refractivity contribution in [3.8, 4) is 11.5 Å². The van der Waals surface area contributed by atoms with E-state index in [1.165, 1.54) is 0 Å². The summed E-state index contributed by atoms with van der Waals surface area (Å²) in [6.45, 7) is 7.44. The molecule has 5 nitrogen and oxygen atoms in total. The van der Waals surface area contributed by atoms with E-state index in [1.54, 1.807) is 14.0 Å². The van der Waals surface area contributed by atoms with Crippen molar-refractivity contribution < 1.29 is 19.0 Å². The average molecular weight is 295 g/mol. The summed E-state index contributed by atoms with van der Waals surface area (Å²) >= 11 is 0. The third-order valence-corrected chi connectivity index (χ3v) is 3.13. The van der Waals surface area contributed by atoms with E-state index < -0.39 is 12.0 Å². The van der Waals surface area contributed by atoms with Gasteiger partial charge in [0.25, 0.3) is 0 Å². The van der Waals surface area contributed by atoms with Gasteiger partial charge in [-0.15, -0.1) is 0 Å². The van der Waals surface area contributed by atoms with E-state index in [2.05, 4.69) is 0 Å². The number of esters is 1. The lowest BCUT2D eigenvalue weighted by Gasteiger charge is -2.28. The second-order valence-electron chi connectivity index (χ2n) is 5.43. The Bertz CT molecular complexity index is 442. The van der Waals surface area contributed by atoms with Gasteiger partial charge < -0.3 is 19.9 Å². The molecule has 0 heterocycles. The summed E-state index contributed by atoms with van der Waals surface area (Å²) in [4.78, 5) is 11.7. The fraction of sp³-hybridized carbons (Fsp3) is 0.562. The van der Waals surface area contributed by atoms with Crippen LogP contribution in [-0.2, 0) is 9.53 Å². The lowest BCUT2D eigenvalue weighted by Crippen LogP contribution is -2.41. The fourth-order valence-corrected chi connectivity index (χ4v) is 1.95. The van der Waals surface area contributed by atoms with Crippen molar-refractivity contribution in [2.75, 3.05) is 7.11 Å². The molecule has 0 spiro atoms. The summed E-state index contributed by atoms with van der Waals surface area (Å²) in [5.41, 5.74) is 5.54. The van der Waals surface area contributed by atoms with E-state index in [1.807, 2.05) is 45.0 Å². The molecule has 0 amide bonds. The van der Waals surface area contributed by atoms with Crippen molar-refractivity contribution in [3.05, 3.63) is 24.3 Å². The fourth-order valence-electron chi connectivity index (χ4n) is 1.95. The van der Waals surface area contributed by atoms with Crippen molar-refractivity contribution in [2.45, 2.75) is 45.9 Å². The molecule has 0 bridgehead atoms. The molecule has 1 rings (SSSR count). The van der Waals surface area contributed by atoms with Gasteiger partial charge in [-0.1, -0.05) is 13.8 Å². The SMILES string of the molecule is COc1ccc(O[C@@H](C)[C@H](OC(=O)[C@H](C)N)C(C)C)cc1. The molecule has 0 aliphatic rings. The molecular formula is C16H25NO4. The predicted octanol–water partition coefficient (Wildman–Crippen LogP) is 2.38. The Hall–Kier alpha value is -1.75. The van der Waals surface area contributed by atoms with Crippen LogP contribution >= 0.6 is 0 Å². The first-order valence-corrected chi connectivity index (χ1v) is 7.12. The molecule has 0 unspecified atom stereocenters. The monoisotopic (exact) mass is 295 g/mol. The Balaban J connectivity index is 2.71. The maximum absolute atomic E-state index is 11.7. The largest absolute Gasteiger partial charge is 0.497 e. The number of hydrogen-bond donors (Lipinski definition) is 1. The molecule has 2 N–H and O–H groups in total. The summed E-state index contributed by atoms with van der Waals surface area (Å²) < 4.78 is 16.4. The summed E-state index contributed by atoms with van der Waals surface area (Å²) in [6.07, 6.45) is -0.633. The van der Waals surface area contributed by atoms with E-state index in [4.69, 9.17) is 19.9 Å². The summed E-state index contributed by atoms with van der Waals surface area (Å²) in [6, 6.07) is 6.64. The van der Waals surface area contributed by atoms with Gasteiger partial charge in [0.2, 0.25) is 0 Å². The molecule has 3 atom stereocenters. The first-order valence-electron chi connectivity index (χ1n) is 7.12. The maximum Gasteiger partial charge on any atom is 0.323 e. The Labute approximate surface area is 126 Å². The number of carbonyl (C=O) groups excluding carboxylic acids is 1. The second kappa shape index (κ2) is 7.88. The minimum Gasteiger partial charge on any atom is -0.497 e. The first-order chi connectivity index (χ1) is 9.85. The molecule has 118 valence electrons. The van der Waals surface area contributed by atoms with Crippen molar-refractivity contribution >= 4 is 5.97 Å².